The van der Waals surface area contributed by atoms with Crippen LogP contribution in [0.15, 0.2) is 18.2 Å². The average molecular weight is 261 g/mol. The molecule has 108 valence electrons. The van der Waals surface area contributed by atoms with E-state index in [-0.39, 0.29) is 11.5 Å². The minimum Gasteiger partial charge on any atom is -0.323 e. The molecule has 1 aromatic carbocycles. The van der Waals surface area contributed by atoms with E-state index in [1.807, 2.05) is 0 Å². The van der Waals surface area contributed by atoms with Crippen molar-refractivity contribution in [3.05, 3.63) is 34.9 Å². The van der Waals surface area contributed by atoms with Gasteiger partial charge in [-0.3, -0.25) is 0 Å². The molecule has 1 aromatic rings. The summed E-state index contributed by atoms with van der Waals surface area (Å²) in [5.41, 5.74) is 10.8. The van der Waals surface area contributed by atoms with E-state index in [1.165, 1.54) is 16.7 Å². The number of rotatable bonds is 5. The molecule has 0 saturated heterocycles. The molecule has 1 heteroatoms. The molecule has 0 aliphatic rings. The molecular formula is C18H31N. The first kappa shape index (κ1) is 16.2. The Labute approximate surface area is 119 Å². The lowest BCUT2D eigenvalue weighted by molar-refractivity contribution is 0.277. The van der Waals surface area contributed by atoms with Crippen molar-refractivity contribution in [3.8, 4) is 0 Å². The van der Waals surface area contributed by atoms with E-state index in [4.69, 9.17) is 5.73 Å². The van der Waals surface area contributed by atoms with Crippen molar-refractivity contribution in [2.45, 2.75) is 72.8 Å². The van der Waals surface area contributed by atoms with E-state index in [0.717, 1.165) is 6.42 Å². The summed E-state index contributed by atoms with van der Waals surface area (Å²) in [6.45, 7) is 15.8. The van der Waals surface area contributed by atoms with Gasteiger partial charge in [0.2, 0.25) is 0 Å². The van der Waals surface area contributed by atoms with Gasteiger partial charge in [-0.25, -0.2) is 0 Å². The predicted octanol–water partition coefficient (Wildman–Crippen LogP) is 5.37. The van der Waals surface area contributed by atoms with Crippen molar-refractivity contribution in [2.24, 2.45) is 11.1 Å². The maximum Gasteiger partial charge on any atom is 0.0349 e. The van der Waals surface area contributed by atoms with Crippen LogP contribution in [0.3, 0.4) is 0 Å². The molecule has 0 bridgehead atoms. The van der Waals surface area contributed by atoms with Gasteiger partial charge in [0, 0.05) is 6.04 Å². The zero-order chi connectivity index (χ0) is 14.8. The highest BCUT2D eigenvalue weighted by Crippen LogP contribution is 2.38. The zero-order valence-electron chi connectivity index (χ0n) is 13.7. The molecule has 1 rings (SSSR count). The fraction of sp³-hybridized carbons (Fsp3) is 0.667. The summed E-state index contributed by atoms with van der Waals surface area (Å²) in [7, 11) is 0. The van der Waals surface area contributed by atoms with Crippen LogP contribution < -0.4 is 5.73 Å². The van der Waals surface area contributed by atoms with Gasteiger partial charge in [0.25, 0.3) is 0 Å². The fourth-order valence-corrected chi connectivity index (χ4v) is 2.38. The minimum absolute atomic E-state index is 0.108. The maximum atomic E-state index is 6.55. The maximum absolute atomic E-state index is 6.55. The SMILES string of the molecule is CCC(C)(C)C(N)c1ccc(C(C)C)cc1C(C)C. The first-order valence-electron chi connectivity index (χ1n) is 7.60. The second-order valence-electron chi connectivity index (χ2n) is 7.02. The molecule has 2 N–H and O–H groups in total. The van der Waals surface area contributed by atoms with Crippen molar-refractivity contribution in [2.75, 3.05) is 0 Å². The molecule has 0 aliphatic heterocycles. The second-order valence-corrected chi connectivity index (χ2v) is 7.02. The third-order valence-corrected chi connectivity index (χ3v) is 4.49. The van der Waals surface area contributed by atoms with Crippen LogP contribution in [0.4, 0.5) is 0 Å². The molecule has 19 heavy (non-hydrogen) atoms. The predicted molar refractivity (Wildman–Crippen MR) is 85.6 cm³/mol. The highest BCUT2D eigenvalue weighted by molar-refractivity contribution is 5.38. The number of benzene rings is 1. The van der Waals surface area contributed by atoms with Crippen LogP contribution in [0.1, 0.15) is 89.5 Å². The standard InChI is InChI=1S/C18H31N/c1-8-18(6,7)17(19)15-10-9-14(12(2)3)11-16(15)13(4)5/h9-13,17H,8,19H2,1-7H3. The van der Waals surface area contributed by atoms with E-state index < -0.39 is 0 Å². The smallest absolute Gasteiger partial charge is 0.0349 e. The molecule has 0 heterocycles. The molecular weight excluding hydrogens is 230 g/mol. The van der Waals surface area contributed by atoms with Crippen molar-refractivity contribution in [3.63, 3.8) is 0 Å². The van der Waals surface area contributed by atoms with E-state index in [2.05, 4.69) is 66.7 Å². The Kier molecular flexibility index (Phi) is 5.20. The van der Waals surface area contributed by atoms with Crippen molar-refractivity contribution in [1.29, 1.82) is 0 Å². The van der Waals surface area contributed by atoms with Gasteiger partial charge in [0.05, 0.1) is 0 Å². The summed E-state index contributed by atoms with van der Waals surface area (Å²) in [4.78, 5) is 0. The molecule has 0 aromatic heterocycles. The van der Waals surface area contributed by atoms with E-state index in [0.29, 0.717) is 11.8 Å². The van der Waals surface area contributed by atoms with Crippen molar-refractivity contribution in [1.82, 2.24) is 0 Å². The van der Waals surface area contributed by atoms with Crippen LogP contribution in [-0.4, -0.2) is 0 Å². The highest BCUT2D eigenvalue weighted by Gasteiger charge is 2.28. The van der Waals surface area contributed by atoms with E-state index in [1.54, 1.807) is 0 Å². The van der Waals surface area contributed by atoms with Gasteiger partial charge in [-0.1, -0.05) is 66.7 Å². The van der Waals surface area contributed by atoms with Crippen molar-refractivity contribution < 1.29 is 0 Å². The van der Waals surface area contributed by atoms with Crippen LogP contribution in [0, 0.1) is 5.41 Å². The molecule has 1 unspecified atom stereocenters. The lowest BCUT2D eigenvalue weighted by atomic mass is 9.76. The Bertz CT molecular complexity index is 416. The largest absolute Gasteiger partial charge is 0.323 e. The molecule has 0 amide bonds. The Morgan fingerprint density at radius 1 is 1.00 bits per heavy atom. The first-order valence-corrected chi connectivity index (χ1v) is 7.60. The quantitative estimate of drug-likeness (QED) is 0.757. The van der Waals surface area contributed by atoms with Crippen LogP contribution >= 0.6 is 0 Å². The van der Waals surface area contributed by atoms with Gasteiger partial charge in [-0.15, -0.1) is 0 Å². The summed E-state index contributed by atoms with van der Waals surface area (Å²) in [5, 5.41) is 0. The van der Waals surface area contributed by atoms with Gasteiger partial charge in [-0.2, -0.15) is 0 Å². The normalized spacial score (nSPS) is 14.2. The highest BCUT2D eigenvalue weighted by atomic mass is 14.7. The second kappa shape index (κ2) is 6.09. The first-order chi connectivity index (χ1) is 8.70. The Hall–Kier alpha value is -0.820. The number of nitrogens with two attached hydrogens (primary N) is 1. The molecule has 0 fully saturated rings. The van der Waals surface area contributed by atoms with Crippen LogP contribution in [0.25, 0.3) is 0 Å². The molecule has 0 spiro atoms. The number of hydrogen-bond donors (Lipinski definition) is 1. The monoisotopic (exact) mass is 261 g/mol. The summed E-state index contributed by atoms with van der Waals surface area (Å²) < 4.78 is 0. The third-order valence-electron chi connectivity index (χ3n) is 4.49. The Morgan fingerprint density at radius 2 is 1.58 bits per heavy atom. The van der Waals surface area contributed by atoms with Crippen molar-refractivity contribution >= 4 is 0 Å². The topological polar surface area (TPSA) is 26.0 Å². The lowest BCUT2D eigenvalue weighted by Gasteiger charge is -2.33. The molecule has 0 saturated carbocycles. The fourth-order valence-electron chi connectivity index (χ4n) is 2.38. The van der Waals surface area contributed by atoms with Gasteiger partial charge in [-0.05, 0) is 40.4 Å². The average Bonchev–Trinajstić information content (AvgIpc) is 2.36. The van der Waals surface area contributed by atoms with Crippen LogP contribution in [0.5, 0.6) is 0 Å². The summed E-state index contributed by atoms with van der Waals surface area (Å²) in [5.74, 6) is 1.09. The Morgan fingerprint density at radius 3 is 2.00 bits per heavy atom. The van der Waals surface area contributed by atoms with Crippen LogP contribution in [0.2, 0.25) is 0 Å². The number of hydrogen-bond acceptors (Lipinski definition) is 1. The third kappa shape index (κ3) is 3.60. The molecule has 1 atom stereocenters. The molecule has 1 nitrogen and oxygen atoms in total. The Balaban J connectivity index is 3.28. The van der Waals surface area contributed by atoms with E-state index in [9.17, 15) is 0 Å². The summed E-state index contributed by atoms with van der Waals surface area (Å²) >= 11 is 0. The minimum atomic E-state index is 0.108. The van der Waals surface area contributed by atoms with Gasteiger partial charge < -0.3 is 5.73 Å². The molecule has 0 aliphatic carbocycles. The van der Waals surface area contributed by atoms with Gasteiger partial charge in [0.15, 0.2) is 0 Å². The summed E-state index contributed by atoms with van der Waals surface area (Å²) in [6.07, 6.45) is 1.09. The zero-order valence-corrected chi connectivity index (χ0v) is 13.7. The van der Waals surface area contributed by atoms with Gasteiger partial charge in [0.1, 0.15) is 0 Å². The van der Waals surface area contributed by atoms with Gasteiger partial charge >= 0.3 is 0 Å². The lowest BCUT2D eigenvalue weighted by Crippen LogP contribution is -2.29. The van der Waals surface area contributed by atoms with Crippen LogP contribution in [-0.2, 0) is 0 Å². The van der Waals surface area contributed by atoms with E-state index >= 15 is 0 Å². The summed E-state index contributed by atoms with van der Waals surface area (Å²) in [6, 6.07) is 6.97. The molecule has 0 radical (unpaired) electrons.